The lowest BCUT2D eigenvalue weighted by molar-refractivity contribution is 0.600. The minimum absolute atomic E-state index is 0.0536. The molecule has 0 saturated heterocycles. The van der Waals surface area contributed by atoms with Crippen LogP contribution in [-0.2, 0) is 10.0 Å². The largest absolute Gasteiger partial charge is 0.279 e. The van der Waals surface area contributed by atoms with Gasteiger partial charge in [0.1, 0.15) is 16.8 Å². The molecule has 2 rings (SSSR count). The average molecular weight is 313 g/mol. The van der Waals surface area contributed by atoms with Crippen molar-refractivity contribution in [2.24, 2.45) is 0 Å². The quantitative estimate of drug-likeness (QED) is 0.874. The first-order valence-corrected chi connectivity index (χ1v) is 6.98. The van der Waals surface area contributed by atoms with Gasteiger partial charge in [0.25, 0.3) is 10.0 Å². The number of aromatic nitrogens is 2. The first kappa shape index (κ1) is 14.2. The molecular formula is C11H6ClFN4O2S. The SMILES string of the molecule is N#Cc1cc(NS(=O)(=O)c2cnc(Cl)nc2)ccc1F. The summed E-state index contributed by atoms with van der Waals surface area (Å²) >= 11 is 5.46. The van der Waals surface area contributed by atoms with Crippen LogP contribution in [0.25, 0.3) is 0 Å². The van der Waals surface area contributed by atoms with Crippen LogP contribution in [0.1, 0.15) is 5.56 Å². The number of anilines is 1. The number of hydrogen-bond acceptors (Lipinski definition) is 5. The Labute approximate surface area is 118 Å². The van der Waals surface area contributed by atoms with E-state index in [4.69, 9.17) is 16.9 Å². The summed E-state index contributed by atoms with van der Waals surface area (Å²) in [6.45, 7) is 0. The summed E-state index contributed by atoms with van der Waals surface area (Å²) in [7, 11) is -3.93. The van der Waals surface area contributed by atoms with Crippen LogP contribution in [0.5, 0.6) is 0 Å². The Kier molecular flexibility index (Phi) is 3.83. The van der Waals surface area contributed by atoms with Gasteiger partial charge in [0.2, 0.25) is 5.28 Å². The minimum Gasteiger partial charge on any atom is -0.279 e. The topological polar surface area (TPSA) is 95.7 Å². The highest BCUT2D eigenvalue weighted by molar-refractivity contribution is 7.92. The van der Waals surface area contributed by atoms with Gasteiger partial charge in [-0.3, -0.25) is 4.72 Å². The van der Waals surface area contributed by atoms with Gasteiger partial charge in [-0.15, -0.1) is 0 Å². The van der Waals surface area contributed by atoms with Crippen molar-refractivity contribution in [3.05, 3.63) is 47.3 Å². The Bertz CT molecular complexity index is 787. The van der Waals surface area contributed by atoms with E-state index in [1.165, 1.54) is 6.07 Å². The molecule has 0 saturated carbocycles. The van der Waals surface area contributed by atoms with Crippen LogP contribution in [0.3, 0.4) is 0 Å². The van der Waals surface area contributed by atoms with E-state index in [-0.39, 0.29) is 21.4 Å². The number of sulfonamides is 1. The molecule has 9 heteroatoms. The third-order valence-electron chi connectivity index (χ3n) is 2.25. The van der Waals surface area contributed by atoms with Gasteiger partial charge >= 0.3 is 0 Å². The monoisotopic (exact) mass is 312 g/mol. The molecule has 1 aromatic carbocycles. The molecule has 0 unspecified atom stereocenters. The first-order valence-electron chi connectivity index (χ1n) is 5.12. The molecule has 1 aromatic heterocycles. The van der Waals surface area contributed by atoms with Crippen LogP contribution < -0.4 is 4.72 Å². The van der Waals surface area contributed by atoms with E-state index >= 15 is 0 Å². The van der Waals surface area contributed by atoms with Crippen molar-refractivity contribution in [3.8, 4) is 6.07 Å². The lowest BCUT2D eigenvalue weighted by Gasteiger charge is -2.07. The maximum atomic E-state index is 13.1. The molecule has 0 atom stereocenters. The lowest BCUT2D eigenvalue weighted by atomic mass is 10.2. The fourth-order valence-corrected chi connectivity index (χ4v) is 2.36. The van der Waals surface area contributed by atoms with E-state index in [0.29, 0.717) is 0 Å². The third-order valence-corrected chi connectivity index (χ3v) is 3.78. The van der Waals surface area contributed by atoms with Crippen LogP contribution in [0.2, 0.25) is 5.28 Å². The summed E-state index contributed by atoms with van der Waals surface area (Å²) in [5.74, 6) is -0.731. The average Bonchev–Trinajstić information content (AvgIpc) is 2.41. The van der Waals surface area contributed by atoms with Gasteiger partial charge in [-0.1, -0.05) is 0 Å². The van der Waals surface area contributed by atoms with Crippen molar-refractivity contribution >= 4 is 27.3 Å². The van der Waals surface area contributed by atoms with E-state index < -0.39 is 15.8 Å². The maximum absolute atomic E-state index is 13.1. The molecule has 1 N–H and O–H groups in total. The zero-order chi connectivity index (χ0) is 14.8. The Morgan fingerprint density at radius 3 is 2.55 bits per heavy atom. The Hall–Kier alpha value is -2.24. The smallest absolute Gasteiger partial charge is 0.264 e. The zero-order valence-electron chi connectivity index (χ0n) is 9.71. The molecule has 1 heterocycles. The molecule has 0 bridgehead atoms. The van der Waals surface area contributed by atoms with Crippen molar-refractivity contribution in [1.82, 2.24) is 9.97 Å². The van der Waals surface area contributed by atoms with Crippen LogP contribution in [-0.4, -0.2) is 18.4 Å². The van der Waals surface area contributed by atoms with Crippen LogP contribution >= 0.6 is 11.6 Å². The molecule has 20 heavy (non-hydrogen) atoms. The van der Waals surface area contributed by atoms with Gasteiger partial charge in [0.05, 0.1) is 23.6 Å². The Balaban J connectivity index is 2.34. The molecule has 0 aliphatic rings. The van der Waals surface area contributed by atoms with Crippen molar-refractivity contribution in [2.45, 2.75) is 4.90 Å². The second-order valence-electron chi connectivity index (χ2n) is 3.60. The second kappa shape index (κ2) is 5.40. The summed E-state index contributed by atoms with van der Waals surface area (Å²) < 4.78 is 39.3. The van der Waals surface area contributed by atoms with Crippen LogP contribution in [0, 0.1) is 17.1 Å². The summed E-state index contributed by atoms with van der Waals surface area (Å²) in [6, 6.07) is 4.90. The van der Waals surface area contributed by atoms with E-state index in [1.807, 2.05) is 0 Å². The number of nitrogens with one attached hydrogen (secondary N) is 1. The number of nitriles is 1. The molecule has 102 valence electrons. The first-order chi connectivity index (χ1) is 9.42. The second-order valence-corrected chi connectivity index (χ2v) is 5.62. The third kappa shape index (κ3) is 3.01. The fourth-order valence-electron chi connectivity index (χ4n) is 1.33. The summed E-state index contributed by atoms with van der Waals surface area (Å²) in [4.78, 5) is 6.91. The van der Waals surface area contributed by atoms with Crippen molar-refractivity contribution in [2.75, 3.05) is 4.72 Å². The molecule has 2 aromatic rings. The van der Waals surface area contributed by atoms with Gasteiger partial charge < -0.3 is 0 Å². The highest BCUT2D eigenvalue weighted by Crippen LogP contribution is 2.18. The van der Waals surface area contributed by atoms with Crippen LogP contribution in [0.4, 0.5) is 10.1 Å². The zero-order valence-corrected chi connectivity index (χ0v) is 11.3. The predicted molar refractivity (Wildman–Crippen MR) is 69.0 cm³/mol. The molecule has 0 amide bonds. The Morgan fingerprint density at radius 1 is 1.30 bits per heavy atom. The van der Waals surface area contributed by atoms with Gasteiger partial charge in [-0.25, -0.2) is 22.8 Å². The number of nitrogens with zero attached hydrogens (tertiary/aromatic N) is 3. The molecule has 0 fully saturated rings. The van der Waals surface area contributed by atoms with Gasteiger partial charge in [-0.05, 0) is 29.8 Å². The normalized spacial score (nSPS) is 10.8. The molecular weight excluding hydrogens is 307 g/mol. The van der Waals surface area contributed by atoms with Crippen molar-refractivity contribution < 1.29 is 12.8 Å². The number of rotatable bonds is 3. The Morgan fingerprint density at radius 2 is 1.95 bits per heavy atom. The van der Waals surface area contributed by atoms with E-state index in [1.54, 1.807) is 6.07 Å². The molecule has 0 radical (unpaired) electrons. The summed E-state index contributed by atoms with van der Waals surface area (Å²) in [6.07, 6.45) is 2.07. The standard InChI is InChI=1S/C11H6ClFN4O2S/c12-11-15-5-9(6-16-11)20(18,19)17-8-1-2-10(13)7(3-8)4-14/h1-3,5-6,17H. The number of benzene rings is 1. The van der Waals surface area contributed by atoms with E-state index in [0.717, 1.165) is 24.5 Å². The van der Waals surface area contributed by atoms with Crippen LogP contribution in [0.15, 0.2) is 35.5 Å². The van der Waals surface area contributed by atoms with Gasteiger partial charge in [-0.2, -0.15) is 5.26 Å². The van der Waals surface area contributed by atoms with Crippen molar-refractivity contribution in [3.63, 3.8) is 0 Å². The number of hydrogen-bond donors (Lipinski definition) is 1. The van der Waals surface area contributed by atoms with Gasteiger partial charge in [0.15, 0.2) is 0 Å². The maximum Gasteiger partial charge on any atom is 0.264 e. The highest BCUT2D eigenvalue weighted by Gasteiger charge is 2.16. The van der Waals surface area contributed by atoms with Crippen molar-refractivity contribution in [1.29, 1.82) is 5.26 Å². The lowest BCUT2D eigenvalue weighted by Crippen LogP contribution is -2.13. The summed E-state index contributed by atoms with van der Waals surface area (Å²) in [5.41, 5.74) is -0.213. The minimum atomic E-state index is -3.93. The van der Waals surface area contributed by atoms with Gasteiger partial charge in [0, 0.05) is 0 Å². The molecule has 0 spiro atoms. The fraction of sp³-hybridized carbons (Fsp3) is 0. The van der Waals surface area contributed by atoms with E-state index in [9.17, 15) is 12.8 Å². The highest BCUT2D eigenvalue weighted by atomic mass is 35.5. The predicted octanol–water partition coefficient (Wildman–Crippen LogP) is 1.94. The summed E-state index contributed by atoms with van der Waals surface area (Å²) in [5, 5.41) is 8.60. The van der Waals surface area contributed by atoms with E-state index in [2.05, 4.69) is 14.7 Å². The number of halogens is 2. The molecule has 0 aliphatic heterocycles. The molecule has 6 nitrogen and oxygen atoms in total. The molecule has 0 aliphatic carbocycles.